The molecule has 0 unspecified atom stereocenters. The number of pyridine rings is 2. The Morgan fingerprint density at radius 2 is 2.16 bits per heavy atom. The molecule has 2 heterocycles. The number of carboxylic acid groups (broad SMARTS) is 1. The fourth-order valence-electron chi connectivity index (χ4n) is 2.10. The summed E-state index contributed by atoms with van der Waals surface area (Å²) >= 11 is 0. The molecule has 1 N–H and O–H groups in total. The van der Waals surface area contributed by atoms with Crippen LogP contribution in [0.1, 0.15) is 22.8 Å². The van der Waals surface area contributed by atoms with Crippen LogP contribution in [0, 0.1) is 10.1 Å². The van der Waals surface area contributed by atoms with Crippen molar-refractivity contribution < 1.29 is 14.8 Å². The van der Waals surface area contributed by atoms with E-state index in [1.54, 1.807) is 13.0 Å². The zero-order valence-corrected chi connectivity index (χ0v) is 9.99. The van der Waals surface area contributed by atoms with E-state index in [1.165, 1.54) is 18.3 Å². The molecule has 2 aromatic rings. The molecule has 7 heteroatoms. The summed E-state index contributed by atoms with van der Waals surface area (Å²) in [5, 5.41) is 20.3. The Hall–Kier alpha value is -2.70. The summed E-state index contributed by atoms with van der Waals surface area (Å²) in [6.45, 7) is 1.58. The van der Waals surface area contributed by atoms with Gasteiger partial charge in [0.2, 0.25) is 0 Å². The number of aromatic nitrogens is 1. The van der Waals surface area contributed by atoms with Crippen molar-refractivity contribution in [2.75, 3.05) is 0 Å². The molecule has 98 valence electrons. The minimum absolute atomic E-state index is 0.0475. The van der Waals surface area contributed by atoms with Crippen molar-refractivity contribution in [3.05, 3.63) is 56.0 Å². The van der Waals surface area contributed by atoms with Gasteiger partial charge < -0.3 is 5.11 Å². The lowest BCUT2D eigenvalue weighted by Gasteiger charge is -2.08. The Kier molecular flexibility index (Phi) is 3.04. The van der Waals surface area contributed by atoms with Crippen LogP contribution in [-0.4, -0.2) is 20.4 Å². The van der Waals surface area contributed by atoms with E-state index >= 15 is 0 Å². The molecule has 7 nitrogen and oxygen atoms in total. The highest BCUT2D eigenvalue weighted by Crippen LogP contribution is 2.26. The first-order valence-electron chi connectivity index (χ1n) is 5.53. The zero-order chi connectivity index (χ0) is 14.2. The van der Waals surface area contributed by atoms with Gasteiger partial charge in [-0.3, -0.25) is 19.3 Å². The topological polar surface area (TPSA) is 102 Å². The molecule has 0 aliphatic rings. The van der Waals surface area contributed by atoms with E-state index in [9.17, 15) is 19.7 Å². The van der Waals surface area contributed by atoms with Gasteiger partial charge in [0.05, 0.1) is 10.5 Å². The van der Waals surface area contributed by atoms with E-state index in [1.807, 2.05) is 0 Å². The van der Waals surface area contributed by atoms with Crippen molar-refractivity contribution in [1.82, 2.24) is 4.40 Å². The first-order chi connectivity index (χ1) is 8.99. The summed E-state index contributed by atoms with van der Waals surface area (Å²) in [4.78, 5) is 33.8. The fourth-order valence-corrected chi connectivity index (χ4v) is 2.10. The molecule has 0 amide bonds. The highest BCUT2D eigenvalue weighted by atomic mass is 16.6. The van der Waals surface area contributed by atoms with Gasteiger partial charge in [-0.1, -0.05) is 13.0 Å². The summed E-state index contributed by atoms with van der Waals surface area (Å²) in [6.07, 6.45) is 1.41. The first kappa shape index (κ1) is 12.7. The Morgan fingerprint density at radius 3 is 2.68 bits per heavy atom. The lowest BCUT2D eigenvalue weighted by atomic mass is 10.0. The van der Waals surface area contributed by atoms with Crippen LogP contribution < -0.4 is 5.56 Å². The van der Waals surface area contributed by atoms with Crippen LogP contribution >= 0.6 is 0 Å². The van der Waals surface area contributed by atoms with E-state index in [0.29, 0.717) is 0 Å². The normalized spacial score (nSPS) is 10.6. The maximum atomic E-state index is 12.1. The fraction of sp³-hybridized carbons (Fsp3) is 0.167. The molecule has 0 atom stereocenters. The summed E-state index contributed by atoms with van der Waals surface area (Å²) < 4.78 is 0.987. The minimum atomic E-state index is -1.46. The standard InChI is InChI=1S/C12H10N2O5/c1-2-7-9(12(16)17)11(15)13-6-4-3-5-8(13)10(7)14(18)19/h3-6H,2H2,1H3,(H,16,17). The highest BCUT2D eigenvalue weighted by Gasteiger charge is 2.27. The average Bonchev–Trinajstić information content (AvgIpc) is 2.37. The van der Waals surface area contributed by atoms with Crippen molar-refractivity contribution >= 4 is 17.2 Å². The Labute approximate surface area is 106 Å². The van der Waals surface area contributed by atoms with Gasteiger partial charge >= 0.3 is 5.97 Å². The summed E-state index contributed by atoms with van der Waals surface area (Å²) in [5.41, 5.74) is -1.59. The zero-order valence-electron chi connectivity index (χ0n) is 9.99. The number of hydrogen-bond donors (Lipinski definition) is 1. The van der Waals surface area contributed by atoms with Gasteiger partial charge in [-0.2, -0.15) is 0 Å². The molecule has 0 aromatic carbocycles. The third kappa shape index (κ3) is 1.85. The van der Waals surface area contributed by atoms with Crippen LogP contribution in [0.2, 0.25) is 0 Å². The molecular weight excluding hydrogens is 252 g/mol. The molecule has 0 aliphatic carbocycles. The summed E-state index contributed by atoms with van der Waals surface area (Å²) in [7, 11) is 0. The van der Waals surface area contributed by atoms with E-state index < -0.39 is 22.0 Å². The smallest absolute Gasteiger partial charge is 0.341 e. The first-order valence-corrected chi connectivity index (χ1v) is 5.53. The van der Waals surface area contributed by atoms with Crippen molar-refractivity contribution in [2.45, 2.75) is 13.3 Å². The third-order valence-electron chi connectivity index (χ3n) is 2.87. The predicted octanol–water partition coefficient (Wildman–Crippen LogP) is 1.47. The molecule has 0 radical (unpaired) electrons. The lowest BCUT2D eigenvalue weighted by molar-refractivity contribution is -0.384. The molecule has 0 aliphatic heterocycles. The van der Waals surface area contributed by atoms with Crippen LogP contribution in [0.25, 0.3) is 5.52 Å². The quantitative estimate of drug-likeness (QED) is 0.666. The molecule has 0 saturated carbocycles. The second-order valence-corrected chi connectivity index (χ2v) is 3.88. The second-order valence-electron chi connectivity index (χ2n) is 3.88. The number of hydrogen-bond acceptors (Lipinski definition) is 4. The molecule has 2 aromatic heterocycles. The van der Waals surface area contributed by atoms with Gasteiger partial charge in [0.1, 0.15) is 11.1 Å². The maximum absolute atomic E-state index is 12.1. The van der Waals surface area contributed by atoms with Crippen molar-refractivity contribution in [1.29, 1.82) is 0 Å². The Morgan fingerprint density at radius 1 is 1.47 bits per heavy atom. The van der Waals surface area contributed by atoms with Crippen molar-refractivity contribution in [3.8, 4) is 0 Å². The number of fused-ring (bicyclic) bond motifs is 1. The summed E-state index contributed by atoms with van der Waals surface area (Å²) in [5.74, 6) is -1.46. The third-order valence-corrected chi connectivity index (χ3v) is 2.87. The second kappa shape index (κ2) is 4.52. The number of rotatable bonds is 3. The Balaban J connectivity index is 3.12. The molecular formula is C12H10N2O5. The molecule has 0 bridgehead atoms. The maximum Gasteiger partial charge on any atom is 0.341 e. The van der Waals surface area contributed by atoms with Gasteiger partial charge in [0, 0.05) is 6.20 Å². The number of nitro groups is 1. The van der Waals surface area contributed by atoms with Crippen molar-refractivity contribution in [2.24, 2.45) is 0 Å². The molecule has 0 saturated heterocycles. The van der Waals surface area contributed by atoms with Gasteiger partial charge in [0.25, 0.3) is 11.2 Å². The largest absolute Gasteiger partial charge is 0.477 e. The number of aromatic carboxylic acids is 1. The summed E-state index contributed by atoms with van der Waals surface area (Å²) in [6, 6.07) is 4.49. The monoisotopic (exact) mass is 262 g/mol. The molecule has 0 fully saturated rings. The SMILES string of the molecule is CCc1c(C(=O)O)c(=O)n2ccccc2c1[N+](=O)[O-]. The number of carboxylic acids is 1. The van der Waals surface area contributed by atoms with Crippen molar-refractivity contribution in [3.63, 3.8) is 0 Å². The molecule has 19 heavy (non-hydrogen) atoms. The van der Waals surface area contributed by atoms with E-state index in [-0.39, 0.29) is 23.2 Å². The number of nitrogens with zero attached hydrogens (tertiary/aromatic N) is 2. The van der Waals surface area contributed by atoms with Crippen LogP contribution in [0.15, 0.2) is 29.2 Å². The van der Waals surface area contributed by atoms with Gasteiger partial charge in [-0.05, 0) is 18.6 Å². The van der Waals surface area contributed by atoms with Gasteiger partial charge in [-0.25, -0.2) is 4.79 Å². The lowest BCUT2D eigenvalue weighted by Crippen LogP contribution is -2.25. The van der Waals surface area contributed by atoms with E-state index in [4.69, 9.17) is 5.11 Å². The predicted molar refractivity (Wildman–Crippen MR) is 66.7 cm³/mol. The van der Waals surface area contributed by atoms with E-state index in [2.05, 4.69) is 0 Å². The molecule has 0 spiro atoms. The van der Waals surface area contributed by atoms with Crippen LogP contribution in [0.4, 0.5) is 5.69 Å². The molecule has 2 rings (SSSR count). The highest BCUT2D eigenvalue weighted by molar-refractivity contribution is 5.92. The minimum Gasteiger partial charge on any atom is -0.477 e. The van der Waals surface area contributed by atoms with Gasteiger partial charge in [-0.15, -0.1) is 0 Å². The number of carbonyl (C=O) groups is 1. The van der Waals surface area contributed by atoms with Gasteiger partial charge in [0.15, 0.2) is 0 Å². The van der Waals surface area contributed by atoms with Crippen LogP contribution in [-0.2, 0) is 6.42 Å². The average molecular weight is 262 g/mol. The van der Waals surface area contributed by atoms with E-state index in [0.717, 1.165) is 4.40 Å². The Bertz CT molecular complexity index is 748. The van der Waals surface area contributed by atoms with Crippen LogP contribution in [0.3, 0.4) is 0 Å². The van der Waals surface area contributed by atoms with Crippen LogP contribution in [0.5, 0.6) is 0 Å².